The summed E-state index contributed by atoms with van der Waals surface area (Å²) in [5.74, 6) is -1.89. The number of ether oxygens (including phenoxy) is 1. The van der Waals surface area contributed by atoms with Crippen LogP contribution >= 0.6 is 11.3 Å². The number of rotatable bonds is 4. The van der Waals surface area contributed by atoms with Gasteiger partial charge in [-0.1, -0.05) is 23.5 Å². The van der Waals surface area contributed by atoms with Crippen LogP contribution in [0.5, 0.6) is 5.19 Å². The molecule has 0 saturated carbocycles. The molecule has 1 saturated heterocycles. The van der Waals surface area contributed by atoms with E-state index in [1.165, 1.54) is 15.6 Å². The Morgan fingerprint density at radius 1 is 1.11 bits per heavy atom. The summed E-state index contributed by atoms with van der Waals surface area (Å²) >= 11 is 1.45. The monoisotopic (exact) mass is 410 g/mol. The van der Waals surface area contributed by atoms with Crippen LogP contribution in [0.2, 0.25) is 0 Å². The zero-order valence-electron chi connectivity index (χ0n) is 14.1. The van der Waals surface area contributed by atoms with Crippen LogP contribution in [-0.4, -0.2) is 36.9 Å². The Kier molecular flexibility index (Phi) is 4.83. The van der Waals surface area contributed by atoms with Crippen molar-refractivity contribution in [2.24, 2.45) is 0 Å². The summed E-state index contributed by atoms with van der Waals surface area (Å²) in [5.41, 5.74) is 0.865. The maximum absolute atomic E-state index is 13.9. The lowest BCUT2D eigenvalue weighted by Crippen LogP contribution is -2.42. The molecule has 9 heteroatoms. The Balaban J connectivity index is 1.43. The third-order valence-corrected chi connectivity index (χ3v) is 7.31. The predicted octanol–water partition coefficient (Wildman–Crippen LogP) is 3.81. The van der Waals surface area contributed by atoms with Gasteiger partial charge in [-0.05, 0) is 37.1 Å². The van der Waals surface area contributed by atoms with Gasteiger partial charge in [-0.2, -0.15) is 4.31 Å². The van der Waals surface area contributed by atoms with Crippen molar-refractivity contribution in [1.82, 2.24) is 9.29 Å². The second-order valence-electron chi connectivity index (χ2n) is 6.24. The minimum atomic E-state index is -4.00. The first kappa shape index (κ1) is 18.3. The summed E-state index contributed by atoms with van der Waals surface area (Å²) in [6.45, 7) is 0.406. The first-order valence-electron chi connectivity index (χ1n) is 8.41. The molecule has 142 valence electrons. The van der Waals surface area contributed by atoms with Crippen LogP contribution in [0.4, 0.5) is 8.78 Å². The van der Waals surface area contributed by atoms with Gasteiger partial charge in [0.15, 0.2) is 0 Å². The van der Waals surface area contributed by atoms with Crippen molar-refractivity contribution >= 4 is 31.6 Å². The van der Waals surface area contributed by atoms with Gasteiger partial charge < -0.3 is 4.74 Å². The van der Waals surface area contributed by atoms with Crippen LogP contribution in [0.1, 0.15) is 12.8 Å². The fraction of sp³-hybridized carbons (Fsp3) is 0.278. The number of halogens is 2. The van der Waals surface area contributed by atoms with Crippen LogP contribution in [0.25, 0.3) is 10.2 Å². The van der Waals surface area contributed by atoms with E-state index in [0.29, 0.717) is 24.1 Å². The highest BCUT2D eigenvalue weighted by Gasteiger charge is 2.32. The van der Waals surface area contributed by atoms with Crippen molar-refractivity contribution < 1.29 is 21.9 Å². The van der Waals surface area contributed by atoms with Gasteiger partial charge >= 0.3 is 0 Å². The molecule has 0 amide bonds. The maximum Gasteiger partial charge on any atom is 0.274 e. The van der Waals surface area contributed by atoms with Crippen molar-refractivity contribution in [3.05, 3.63) is 54.1 Å². The van der Waals surface area contributed by atoms with Gasteiger partial charge in [-0.25, -0.2) is 22.2 Å². The van der Waals surface area contributed by atoms with E-state index < -0.39 is 26.6 Å². The number of fused-ring (bicyclic) bond motifs is 1. The summed E-state index contributed by atoms with van der Waals surface area (Å²) in [4.78, 5) is 3.92. The fourth-order valence-corrected chi connectivity index (χ4v) is 5.45. The van der Waals surface area contributed by atoms with Crippen LogP contribution in [-0.2, 0) is 10.0 Å². The quantitative estimate of drug-likeness (QED) is 0.656. The normalized spacial score (nSPS) is 16.7. The molecular formula is C18H16F2N2O3S2. The molecule has 1 aromatic heterocycles. The van der Waals surface area contributed by atoms with Gasteiger partial charge in [0, 0.05) is 19.2 Å². The molecule has 0 bridgehead atoms. The molecule has 0 radical (unpaired) electrons. The Morgan fingerprint density at radius 3 is 2.56 bits per heavy atom. The van der Waals surface area contributed by atoms with Gasteiger partial charge in [0.05, 0.1) is 10.2 Å². The number of hydrogen-bond acceptors (Lipinski definition) is 5. The average Bonchev–Trinajstić information content (AvgIpc) is 3.04. The van der Waals surface area contributed by atoms with Crippen molar-refractivity contribution in [2.75, 3.05) is 13.1 Å². The number of thiazole rings is 1. The minimum Gasteiger partial charge on any atom is -0.467 e. The largest absolute Gasteiger partial charge is 0.467 e. The number of nitrogens with zero attached hydrogens (tertiary/aromatic N) is 2. The second kappa shape index (κ2) is 7.14. The molecule has 1 fully saturated rings. The van der Waals surface area contributed by atoms with E-state index in [0.717, 1.165) is 22.3 Å². The molecule has 1 aliphatic rings. The third-order valence-electron chi connectivity index (χ3n) is 4.45. The lowest BCUT2D eigenvalue weighted by atomic mass is 10.1. The van der Waals surface area contributed by atoms with Gasteiger partial charge in [-0.15, -0.1) is 0 Å². The van der Waals surface area contributed by atoms with Crippen LogP contribution in [0.3, 0.4) is 0 Å². The SMILES string of the molecule is O=S(=O)(c1ccc(F)cc1F)N1CCC(Oc2nc3ccccc3s2)CC1. The molecule has 0 unspecified atom stereocenters. The predicted molar refractivity (Wildman–Crippen MR) is 98.4 cm³/mol. The summed E-state index contributed by atoms with van der Waals surface area (Å²) in [6.07, 6.45) is 0.783. The van der Waals surface area contributed by atoms with E-state index in [-0.39, 0.29) is 19.2 Å². The van der Waals surface area contributed by atoms with Crippen molar-refractivity contribution in [2.45, 2.75) is 23.8 Å². The Bertz CT molecular complexity index is 1040. The first-order valence-corrected chi connectivity index (χ1v) is 10.7. The molecule has 5 nitrogen and oxygen atoms in total. The second-order valence-corrected chi connectivity index (χ2v) is 9.14. The number of aromatic nitrogens is 1. The van der Waals surface area contributed by atoms with Gasteiger partial charge in [0.1, 0.15) is 22.6 Å². The number of hydrogen-bond donors (Lipinski definition) is 0. The Morgan fingerprint density at radius 2 is 1.85 bits per heavy atom. The molecule has 2 heterocycles. The first-order chi connectivity index (χ1) is 12.9. The Hall–Kier alpha value is -2.10. The smallest absolute Gasteiger partial charge is 0.274 e. The van der Waals surface area contributed by atoms with E-state index in [1.807, 2.05) is 24.3 Å². The summed E-state index contributed by atoms with van der Waals surface area (Å²) in [6, 6.07) is 10.2. The zero-order chi connectivity index (χ0) is 19.0. The molecule has 3 aromatic rings. The minimum absolute atomic E-state index is 0.157. The zero-order valence-corrected chi connectivity index (χ0v) is 15.8. The highest BCUT2D eigenvalue weighted by Crippen LogP contribution is 2.30. The Labute approximate surface area is 159 Å². The number of sulfonamides is 1. The van der Waals surface area contributed by atoms with E-state index in [4.69, 9.17) is 4.74 Å². The van der Waals surface area contributed by atoms with E-state index >= 15 is 0 Å². The van der Waals surface area contributed by atoms with Gasteiger partial charge in [0.2, 0.25) is 10.0 Å². The molecule has 4 rings (SSSR count). The lowest BCUT2D eigenvalue weighted by Gasteiger charge is -2.30. The highest BCUT2D eigenvalue weighted by atomic mass is 32.2. The molecule has 2 aromatic carbocycles. The maximum atomic E-state index is 13.9. The molecule has 0 atom stereocenters. The van der Waals surface area contributed by atoms with E-state index in [2.05, 4.69) is 4.98 Å². The topological polar surface area (TPSA) is 59.5 Å². The van der Waals surface area contributed by atoms with E-state index in [9.17, 15) is 17.2 Å². The molecule has 1 aliphatic heterocycles. The molecule has 0 N–H and O–H groups in total. The molecule has 0 aliphatic carbocycles. The molecule has 27 heavy (non-hydrogen) atoms. The van der Waals surface area contributed by atoms with Crippen LogP contribution < -0.4 is 4.74 Å². The van der Waals surface area contributed by atoms with Crippen LogP contribution in [0, 0.1) is 11.6 Å². The lowest BCUT2D eigenvalue weighted by molar-refractivity contribution is 0.135. The summed E-state index contributed by atoms with van der Waals surface area (Å²) < 4.78 is 60.3. The molecule has 0 spiro atoms. The van der Waals surface area contributed by atoms with Crippen LogP contribution in [0.15, 0.2) is 47.4 Å². The third kappa shape index (κ3) is 3.67. The van der Waals surface area contributed by atoms with Crippen molar-refractivity contribution in [3.63, 3.8) is 0 Å². The summed E-state index contributed by atoms with van der Waals surface area (Å²) in [7, 11) is -4.00. The number of para-hydroxylation sites is 1. The van der Waals surface area contributed by atoms with Gasteiger partial charge in [0.25, 0.3) is 5.19 Å². The standard InChI is InChI=1S/C18H16F2N2O3S2/c19-12-5-6-17(14(20)11-12)27(23,24)22-9-7-13(8-10-22)25-18-21-15-3-1-2-4-16(15)26-18/h1-6,11,13H,7-10H2. The van der Waals surface area contributed by atoms with Crippen molar-refractivity contribution in [3.8, 4) is 5.19 Å². The van der Waals surface area contributed by atoms with E-state index in [1.54, 1.807) is 0 Å². The van der Waals surface area contributed by atoms with Crippen molar-refractivity contribution in [1.29, 1.82) is 0 Å². The fourth-order valence-electron chi connectivity index (χ4n) is 3.06. The van der Waals surface area contributed by atoms with Gasteiger partial charge in [-0.3, -0.25) is 0 Å². The molecular weight excluding hydrogens is 394 g/mol. The number of piperidine rings is 1. The number of benzene rings is 2. The summed E-state index contributed by atoms with van der Waals surface area (Å²) in [5, 5.41) is 0.557. The highest BCUT2D eigenvalue weighted by molar-refractivity contribution is 7.89. The average molecular weight is 410 g/mol.